The van der Waals surface area contributed by atoms with Crippen molar-refractivity contribution in [3.8, 4) is 5.69 Å². The van der Waals surface area contributed by atoms with Crippen LogP contribution in [0.5, 0.6) is 0 Å². The average Bonchev–Trinajstić information content (AvgIpc) is 3.17. The average molecular weight is 359 g/mol. The minimum Gasteiger partial charge on any atom is -0.451 e. The molecule has 0 fully saturated rings. The van der Waals surface area contributed by atoms with Crippen LogP contribution < -0.4 is 5.32 Å². The second kappa shape index (κ2) is 6.76. The highest BCUT2D eigenvalue weighted by Gasteiger charge is 2.19. The van der Waals surface area contributed by atoms with Crippen LogP contribution in [0.4, 0.5) is 0 Å². The Balaban J connectivity index is 1.57. The van der Waals surface area contributed by atoms with E-state index in [2.05, 4.69) is 10.4 Å². The monoisotopic (exact) mass is 359 g/mol. The van der Waals surface area contributed by atoms with Gasteiger partial charge in [0.1, 0.15) is 5.58 Å². The molecule has 2 heterocycles. The lowest BCUT2D eigenvalue weighted by atomic mass is 10.1. The number of amides is 1. The standard InChI is InChI=1S/C22H21N3O2/c1-14-18-11-7-8-12-20(18)27-21(14)22(26)23-13-19-15(2)24-25(16(19)3)17-9-5-4-6-10-17/h4-12H,13H2,1-3H3,(H,23,26). The van der Waals surface area contributed by atoms with Gasteiger partial charge in [-0.3, -0.25) is 4.79 Å². The quantitative estimate of drug-likeness (QED) is 0.585. The first-order valence-corrected chi connectivity index (χ1v) is 8.93. The molecule has 1 N–H and O–H groups in total. The van der Waals surface area contributed by atoms with E-state index in [0.29, 0.717) is 12.3 Å². The molecule has 2 aromatic carbocycles. The van der Waals surface area contributed by atoms with Crippen molar-refractivity contribution < 1.29 is 9.21 Å². The van der Waals surface area contributed by atoms with Gasteiger partial charge in [0.05, 0.1) is 11.4 Å². The Labute approximate surface area is 157 Å². The third kappa shape index (κ3) is 3.01. The Bertz CT molecular complexity index is 1120. The van der Waals surface area contributed by atoms with Gasteiger partial charge in [0.15, 0.2) is 5.76 Å². The van der Waals surface area contributed by atoms with E-state index in [0.717, 1.165) is 39.2 Å². The third-order valence-corrected chi connectivity index (χ3v) is 4.92. The Hall–Kier alpha value is -3.34. The van der Waals surface area contributed by atoms with Gasteiger partial charge in [-0.2, -0.15) is 5.10 Å². The molecule has 5 nitrogen and oxygen atoms in total. The fraction of sp³-hybridized carbons (Fsp3) is 0.182. The van der Waals surface area contributed by atoms with Gasteiger partial charge in [-0.15, -0.1) is 0 Å². The first-order valence-electron chi connectivity index (χ1n) is 8.93. The highest BCUT2D eigenvalue weighted by molar-refractivity contribution is 5.98. The molecule has 0 saturated heterocycles. The van der Waals surface area contributed by atoms with Crippen LogP contribution in [0, 0.1) is 20.8 Å². The zero-order chi connectivity index (χ0) is 19.0. The first-order chi connectivity index (χ1) is 13.1. The zero-order valence-electron chi connectivity index (χ0n) is 15.6. The predicted octanol–water partition coefficient (Wildman–Crippen LogP) is 4.47. The van der Waals surface area contributed by atoms with Gasteiger partial charge in [-0.1, -0.05) is 36.4 Å². The lowest BCUT2D eigenvalue weighted by molar-refractivity contribution is 0.0924. The van der Waals surface area contributed by atoms with E-state index in [1.54, 1.807) is 0 Å². The van der Waals surface area contributed by atoms with Crippen LogP contribution in [0.1, 0.15) is 33.1 Å². The van der Waals surface area contributed by atoms with E-state index in [-0.39, 0.29) is 5.91 Å². The second-order valence-electron chi connectivity index (χ2n) is 6.63. The summed E-state index contributed by atoms with van der Waals surface area (Å²) in [6, 6.07) is 17.6. The maximum absolute atomic E-state index is 12.7. The number of fused-ring (bicyclic) bond motifs is 1. The predicted molar refractivity (Wildman–Crippen MR) is 105 cm³/mol. The molecular formula is C22H21N3O2. The van der Waals surface area contributed by atoms with Crippen molar-refractivity contribution >= 4 is 16.9 Å². The Morgan fingerprint density at radius 1 is 1.04 bits per heavy atom. The molecule has 0 saturated carbocycles. The van der Waals surface area contributed by atoms with Crippen LogP contribution >= 0.6 is 0 Å². The number of nitrogens with zero attached hydrogens (tertiary/aromatic N) is 2. The van der Waals surface area contributed by atoms with Gasteiger partial charge in [0.25, 0.3) is 5.91 Å². The summed E-state index contributed by atoms with van der Waals surface area (Å²) >= 11 is 0. The van der Waals surface area contributed by atoms with Gasteiger partial charge in [-0.05, 0) is 39.0 Å². The molecule has 2 aromatic heterocycles. The molecule has 1 amide bonds. The summed E-state index contributed by atoms with van der Waals surface area (Å²) in [7, 11) is 0. The molecule has 27 heavy (non-hydrogen) atoms. The number of benzene rings is 2. The van der Waals surface area contributed by atoms with Gasteiger partial charge in [0, 0.05) is 28.8 Å². The SMILES string of the molecule is Cc1nn(-c2ccccc2)c(C)c1CNC(=O)c1oc2ccccc2c1C. The zero-order valence-corrected chi connectivity index (χ0v) is 15.6. The van der Waals surface area contributed by atoms with Gasteiger partial charge in [0.2, 0.25) is 0 Å². The maximum atomic E-state index is 12.7. The number of hydrogen-bond donors (Lipinski definition) is 1. The van der Waals surface area contributed by atoms with E-state index in [4.69, 9.17) is 4.42 Å². The normalized spacial score (nSPS) is 11.1. The van der Waals surface area contributed by atoms with Gasteiger partial charge < -0.3 is 9.73 Å². The van der Waals surface area contributed by atoms with Crippen molar-refractivity contribution in [2.24, 2.45) is 0 Å². The summed E-state index contributed by atoms with van der Waals surface area (Å²) < 4.78 is 7.66. The van der Waals surface area contributed by atoms with Crippen LogP contribution in [-0.2, 0) is 6.54 Å². The van der Waals surface area contributed by atoms with E-state index in [1.807, 2.05) is 80.1 Å². The van der Waals surface area contributed by atoms with Crippen LogP contribution in [-0.4, -0.2) is 15.7 Å². The van der Waals surface area contributed by atoms with Crippen molar-refractivity contribution in [1.82, 2.24) is 15.1 Å². The van der Waals surface area contributed by atoms with Crippen LogP contribution in [0.2, 0.25) is 0 Å². The fourth-order valence-electron chi connectivity index (χ4n) is 3.39. The number of rotatable bonds is 4. The molecule has 0 aliphatic heterocycles. The number of aryl methyl sites for hydroxylation is 2. The van der Waals surface area contributed by atoms with Gasteiger partial charge >= 0.3 is 0 Å². The van der Waals surface area contributed by atoms with Crippen molar-refractivity contribution in [3.63, 3.8) is 0 Å². The molecular weight excluding hydrogens is 338 g/mol. The first kappa shape index (κ1) is 17.1. The Kier molecular flexibility index (Phi) is 4.28. The number of aromatic nitrogens is 2. The van der Waals surface area contributed by atoms with Crippen LogP contribution in [0.25, 0.3) is 16.7 Å². The van der Waals surface area contributed by atoms with E-state index in [9.17, 15) is 4.79 Å². The van der Waals surface area contributed by atoms with E-state index in [1.165, 1.54) is 0 Å². The lowest BCUT2D eigenvalue weighted by Crippen LogP contribution is -2.23. The number of carbonyl (C=O) groups is 1. The van der Waals surface area contributed by atoms with Gasteiger partial charge in [-0.25, -0.2) is 4.68 Å². The molecule has 0 atom stereocenters. The second-order valence-corrected chi connectivity index (χ2v) is 6.63. The molecule has 0 aliphatic rings. The third-order valence-electron chi connectivity index (χ3n) is 4.92. The lowest BCUT2D eigenvalue weighted by Gasteiger charge is -2.06. The van der Waals surface area contributed by atoms with Crippen LogP contribution in [0.15, 0.2) is 59.0 Å². The molecule has 0 aliphatic carbocycles. The minimum atomic E-state index is -0.213. The minimum absolute atomic E-state index is 0.213. The number of hydrogen-bond acceptors (Lipinski definition) is 3. The van der Waals surface area contributed by atoms with Crippen molar-refractivity contribution in [3.05, 3.63) is 82.9 Å². The largest absolute Gasteiger partial charge is 0.451 e. The highest BCUT2D eigenvalue weighted by Crippen LogP contribution is 2.25. The highest BCUT2D eigenvalue weighted by atomic mass is 16.3. The molecule has 0 unspecified atom stereocenters. The molecule has 0 radical (unpaired) electrons. The number of carbonyl (C=O) groups excluding carboxylic acids is 1. The summed E-state index contributed by atoms with van der Waals surface area (Å²) in [6.07, 6.45) is 0. The van der Waals surface area contributed by atoms with Crippen molar-refractivity contribution in [1.29, 1.82) is 0 Å². The Morgan fingerprint density at radius 3 is 2.48 bits per heavy atom. The summed E-state index contributed by atoms with van der Waals surface area (Å²) in [6.45, 7) is 6.28. The van der Waals surface area contributed by atoms with Crippen molar-refractivity contribution in [2.45, 2.75) is 27.3 Å². The molecule has 0 bridgehead atoms. The summed E-state index contributed by atoms with van der Waals surface area (Å²) in [5, 5.41) is 8.57. The topological polar surface area (TPSA) is 60.1 Å². The number of furan rings is 1. The maximum Gasteiger partial charge on any atom is 0.287 e. The number of para-hydroxylation sites is 2. The summed E-state index contributed by atoms with van der Waals surface area (Å²) in [5.41, 5.74) is 5.52. The fourth-order valence-corrected chi connectivity index (χ4v) is 3.39. The number of nitrogens with one attached hydrogen (secondary N) is 1. The van der Waals surface area contributed by atoms with E-state index < -0.39 is 0 Å². The molecule has 4 aromatic rings. The molecule has 4 rings (SSSR count). The molecule has 0 spiro atoms. The smallest absolute Gasteiger partial charge is 0.287 e. The van der Waals surface area contributed by atoms with Crippen molar-refractivity contribution in [2.75, 3.05) is 0 Å². The van der Waals surface area contributed by atoms with Crippen LogP contribution in [0.3, 0.4) is 0 Å². The van der Waals surface area contributed by atoms with E-state index >= 15 is 0 Å². The summed E-state index contributed by atoms with van der Waals surface area (Å²) in [5.74, 6) is 0.150. The molecule has 5 heteroatoms. The Morgan fingerprint density at radius 2 is 1.74 bits per heavy atom. The molecule has 136 valence electrons. The summed E-state index contributed by atoms with van der Waals surface area (Å²) in [4.78, 5) is 12.7.